The van der Waals surface area contributed by atoms with Crippen LogP contribution in [-0.2, 0) is 13.1 Å². The van der Waals surface area contributed by atoms with E-state index in [-0.39, 0.29) is 0 Å². The lowest BCUT2D eigenvalue weighted by atomic mass is 10.1. The van der Waals surface area contributed by atoms with E-state index in [0.717, 1.165) is 42.4 Å². The van der Waals surface area contributed by atoms with Crippen LogP contribution in [0.5, 0.6) is 17.2 Å². The van der Waals surface area contributed by atoms with Crippen molar-refractivity contribution in [1.82, 2.24) is 4.90 Å². The second kappa shape index (κ2) is 7.66. The Morgan fingerprint density at radius 1 is 1.12 bits per heavy atom. The summed E-state index contributed by atoms with van der Waals surface area (Å²) in [7, 11) is 7.46. The van der Waals surface area contributed by atoms with Crippen molar-refractivity contribution in [3.8, 4) is 17.2 Å². The molecule has 0 radical (unpaired) electrons. The second-order valence-electron chi connectivity index (χ2n) is 6.40. The van der Waals surface area contributed by atoms with Gasteiger partial charge in [0.1, 0.15) is 12.4 Å². The molecule has 0 fully saturated rings. The first-order valence-corrected chi connectivity index (χ1v) is 8.47. The highest BCUT2D eigenvalue weighted by Gasteiger charge is 2.19. The Kier molecular flexibility index (Phi) is 5.34. The summed E-state index contributed by atoms with van der Waals surface area (Å²) in [6, 6.07) is 12.4. The van der Waals surface area contributed by atoms with Gasteiger partial charge >= 0.3 is 0 Å². The number of hydrogen-bond acceptors (Lipinski definition) is 5. The van der Waals surface area contributed by atoms with Gasteiger partial charge in [-0.15, -0.1) is 0 Å². The van der Waals surface area contributed by atoms with Crippen LogP contribution in [-0.4, -0.2) is 46.4 Å². The first-order valence-electron chi connectivity index (χ1n) is 8.47. The smallest absolute Gasteiger partial charge is 0.165 e. The molecular weight excluding hydrogens is 316 g/mol. The molecule has 2 aromatic rings. The molecule has 0 amide bonds. The average molecular weight is 342 g/mol. The first kappa shape index (κ1) is 17.4. The highest BCUT2D eigenvalue weighted by molar-refractivity contribution is 5.52. The third-order valence-electron chi connectivity index (χ3n) is 4.50. The van der Waals surface area contributed by atoms with Crippen LogP contribution in [0.1, 0.15) is 11.1 Å². The van der Waals surface area contributed by atoms with E-state index in [9.17, 15) is 0 Å². The van der Waals surface area contributed by atoms with Gasteiger partial charge in [0.15, 0.2) is 11.5 Å². The quantitative estimate of drug-likeness (QED) is 0.834. The number of rotatable bonds is 5. The topological polar surface area (TPSA) is 34.2 Å². The van der Waals surface area contributed by atoms with E-state index in [4.69, 9.17) is 14.2 Å². The van der Waals surface area contributed by atoms with Crippen molar-refractivity contribution in [1.29, 1.82) is 0 Å². The number of anilines is 1. The molecule has 0 N–H and O–H groups in total. The summed E-state index contributed by atoms with van der Waals surface area (Å²) in [5, 5.41) is 0. The van der Waals surface area contributed by atoms with Crippen LogP contribution < -0.4 is 19.1 Å². The summed E-state index contributed by atoms with van der Waals surface area (Å²) in [5.74, 6) is 2.55. The minimum atomic E-state index is 0.681. The maximum absolute atomic E-state index is 5.94. The molecular formula is C20H26N2O3. The molecule has 25 heavy (non-hydrogen) atoms. The van der Waals surface area contributed by atoms with E-state index in [2.05, 4.69) is 48.2 Å². The van der Waals surface area contributed by atoms with Gasteiger partial charge in [0, 0.05) is 50.5 Å². The molecule has 0 saturated heterocycles. The van der Waals surface area contributed by atoms with Crippen molar-refractivity contribution >= 4 is 5.69 Å². The molecule has 0 spiro atoms. The molecule has 0 aliphatic carbocycles. The van der Waals surface area contributed by atoms with Gasteiger partial charge in [-0.2, -0.15) is 0 Å². The zero-order chi connectivity index (χ0) is 17.8. The van der Waals surface area contributed by atoms with E-state index in [0.29, 0.717) is 6.61 Å². The Hall–Kier alpha value is -2.40. The van der Waals surface area contributed by atoms with Gasteiger partial charge in [0.05, 0.1) is 14.2 Å². The van der Waals surface area contributed by atoms with Crippen molar-refractivity contribution in [3.05, 3.63) is 47.5 Å². The predicted octanol–water partition coefficient (Wildman–Crippen LogP) is 3.16. The first-order chi connectivity index (χ1) is 12.1. The van der Waals surface area contributed by atoms with Gasteiger partial charge in [-0.3, -0.25) is 4.90 Å². The van der Waals surface area contributed by atoms with E-state index in [1.54, 1.807) is 14.2 Å². The van der Waals surface area contributed by atoms with Gasteiger partial charge in [0.25, 0.3) is 0 Å². The SMILES string of the molecule is COc1cccc(CN2CCOc3ccc(N(C)C)cc3C2)c1OC. The van der Waals surface area contributed by atoms with Crippen LogP contribution in [0.2, 0.25) is 0 Å². The number of para-hydroxylation sites is 1. The third kappa shape index (κ3) is 3.82. The van der Waals surface area contributed by atoms with Gasteiger partial charge in [-0.1, -0.05) is 12.1 Å². The molecule has 2 aromatic carbocycles. The third-order valence-corrected chi connectivity index (χ3v) is 4.50. The number of benzene rings is 2. The fourth-order valence-electron chi connectivity index (χ4n) is 3.17. The molecule has 1 heterocycles. The lowest BCUT2D eigenvalue weighted by Gasteiger charge is -2.22. The van der Waals surface area contributed by atoms with Crippen molar-refractivity contribution in [2.45, 2.75) is 13.1 Å². The molecule has 1 aliphatic heterocycles. The van der Waals surface area contributed by atoms with Crippen LogP contribution in [0, 0.1) is 0 Å². The lowest BCUT2D eigenvalue weighted by Crippen LogP contribution is -2.25. The van der Waals surface area contributed by atoms with E-state index >= 15 is 0 Å². The molecule has 0 bridgehead atoms. The van der Waals surface area contributed by atoms with Crippen molar-refractivity contribution in [2.24, 2.45) is 0 Å². The summed E-state index contributed by atoms with van der Waals surface area (Å²) < 4.78 is 16.9. The average Bonchev–Trinajstić information content (AvgIpc) is 2.82. The Morgan fingerprint density at radius 2 is 1.96 bits per heavy atom. The highest BCUT2D eigenvalue weighted by Crippen LogP contribution is 2.33. The van der Waals surface area contributed by atoms with E-state index < -0.39 is 0 Å². The monoisotopic (exact) mass is 342 g/mol. The standard InChI is InChI=1S/C20H26N2O3/c1-21(2)17-8-9-18-16(12-17)14-22(10-11-25-18)13-15-6-5-7-19(23-3)20(15)24-4/h5-9,12H,10-11,13-14H2,1-4H3. The minimum absolute atomic E-state index is 0.681. The van der Waals surface area contributed by atoms with Gasteiger partial charge in [-0.05, 0) is 24.3 Å². The molecule has 134 valence electrons. The summed E-state index contributed by atoms with van der Waals surface area (Å²) >= 11 is 0. The highest BCUT2D eigenvalue weighted by atomic mass is 16.5. The number of fused-ring (bicyclic) bond motifs is 1. The van der Waals surface area contributed by atoms with Crippen molar-refractivity contribution in [2.75, 3.05) is 46.4 Å². The van der Waals surface area contributed by atoms with Crippen LogP contribution in [0.4, 0.5) is 5.69 Å². The van der Waals surface area contributed by atoms with E-state index in [1.165, 1.54) is 11.3 Å². The predicted molar refractivity (Wildman–Crippen MR) is 99.9 cm³/mol. The fraction of sp³-hybridized carbons (Fsp3) is 0.400. The van der Waals surface area contributed by atoms with Crippen LogP contribution >= 0.6 is 0 Å². The fourth-order valence-corrected chi connectivity index (χ4v) is 3.17. The summed E-state index contributed by atoms with van der Waals surface area (Å²) in [5.41, 5.74) is 3.52. The summed E-state index contributed by atoms with van der Waals surface area (Å²) in [6.45, 7) is 3.18. The largest absolute Gasteiger partial charge is 0.493 e. The van der Waals surface area contributed by atoms with Crippen LogP contribution in [0.15, 0.2) is 36.4 Å². The summed E-state index contributed by atoms with van der Waals surface area (Å²) in [4.78, 5) is 4.49. The van der Waals surface area contributed by atoms with Crippen LogP contribution in [0.3, 0.4) is 0 Å². The number of methoxy groups -OCH3 is 2. The Balaban J connectivity index is 1.84. The maximum atomic E-state index is 5.94. The molecule has 3 rings (SSSR count). The number of hydrogen-bond donors (Lipinski definition) is 0. The molecule has 1 aliphatic rings. The molecule has 0 aromatic heterocycles. The van der Waals surface area contributed by atoms with Crippen molar-refractivity contribution < 1.29 is 14.2 Å². The zero-order valence-corrected chi connectivity index (χ0v) is 15.4. The van der Waals surface area contributed by atoms with Crippen LogP contribution in [0.25, 0.3) is 0 Å². The van der Waals surface area contributed by atoms with Gasteiger partial charge in [0.2, 0.25) is 0 Å². The Bertz CT molecular complexity index is 731. The van der Waals surface area contributed by atoms with Gasteiger partial charge in [-0.25, -0.2) is 0 Å². The zero-order valence-electron chi connectivity index (χ0n) is 15.4. The molecule has 5 nitrogen and oxygen atoms in total. The Morgan fingerprint density at radius 3 is 2.68 bits per heavy atom. The molecule has 0 atom stereocenters. The second-order valence-corrected chi connectivity index (χ2v) is 6.40. The normalized spacial score (nSPS) is 14.2. The molecule has 0 saturated carbocycles. The van der Waals surface area contributed by atoms with Crippen molar-refractivity contribution in [3.63, 3.8) is 0 Å². The van der Waals surface area contributed by atoms with E-state index in [1.807, 2.05) is 12.1 Å². The number of nitrogens with zero attached hydrogens (tertiary/aromatic N) is 2. The maximum Gasteiger partial charge on any atom is 0.165 e. The minimum Gasteiger partial charge on any atom is -0.493 e. The molecule has 0 unspecified atom stereocenters. The van der Waals surface area contributed by atoms with Gasteiger partial charge < -0.3 is 19.1 Å². The Labute approximate surface area is 149 Å². The number of ether oxygens (including phenoxy) is 3. The summed E-state index contributed by atoms with van der Waals surface area (Å²) in [6.07, 6.45) is 0. The molecule has 5 heteroatoms. The lowest BCUT2D eigenvalue weighted by molar-refractivity contribution is 0.216.